The third kappa shape index (κ3) is 3.66. The maximum Gasteiger partial charge on any atom is 0.416 e. The fourth-order valence-electron chi connectivity index (χ4n) is 3.36. The molecule has 0 radical (unpaired) electrons. The number of aromatic nitrogens is 4. The van der Waals surface area contributed by atoms with Crippen molar-refractivity contribution in [2.75, 3.05) is 0 Å². The molecule has 0 fully saturated rings. The van der Waals surface area contributed by atoms with Crippen molar-refractivity contribution in [1.82, 2.24) is 25.1 Å². The van der Waals surface area contributed by atoms with Gasteiger partial charge in [-0.05, 0) is 50.2 Å². The minimum atomic E-state index is -4.43. The van der Waals surface area contributed by atoms with E-state index in [1.807, 2.05) is 0 Å². The molecule has 0 aliphatic carbocycles. The van der Waals surface area contributed by atoms with Crippen LogP contribution in [0.3, 0.4) is 0 Å². The Hall–Kier alpha value is -3.62. The topological polar surface area (TPSA) is 75.6 Å². The molecule has 2 aromatic heterocycles. The lowest BCUT2D eigenvalue weighted by Crippen LogP contribution is -2.26. The van der Waals surface area contributed by atoms with Gasteiger partial charge >= 0.3 is 6.18 Å². The van der Waals surface area contributed by atoms with Gasteiger partial charge in [-0.2, -0.15) is 18.3 Å². The summed E-state index contributed by atoms with van der Waals surface area (Å²) in [6.07, 6.45) is -1.32. The van der Waals surface area contributed by atoms with Crippen LogP contribution in [0.25, 0.3) is 16.7 Å². The van der Waals surface area contributed by atoms with Crippen molar-refractivity contribution in [1.29, 1.82) is 0 Å². The molecule has 0 unspecified atom stereocenters. The number of nitrogens with one attached hydrogen (secondary N) is 2. The summed E-state index contributed by atoms with van der Waals surface area (Å²) in [5, 5.41) is 7.13. The highest BCUT2D eigenvalue weighted by Gasteiger charge is 2.30. The lowest BCUT2D eigenvalue weighted by Gasteiger charge is -2.15. The predicted molar refractivity (Wildman–Crippen MR) is 105 cm³/mol. The lowest BCUT2D eigenvalue weighted by molar-refractivity contribution is -0.137. The van der Waals surface area contributed by atoms with Gasteiger partial charge in [0, 0.05) is 16.8 Å². The number of carbonyl (C=O) groups is 1. The molecule has 0 aliphatic rings. The molecule has 0 saturated heterocycles. The summed E-state index contributed by atoms with van der Waals surface area (Å²) in [4.78, 5) is 19.7. The quantitative estimate of drug-likeness (QED) is 0.515. The van der Waals surface area contributed by atoms with Gasteiger partial charge in [0.1, 0.15) is 0 Å². The van der Waals surface area contributed by atoms with E-state index in [1.54, 1.807) is 50.6 Å². The predicted octanol–water partition coefficient (Wildman–Crippen LogP) is 4.57. The molecule has 2 N–H and O–H groups in total. The van der Waals surface area contributed by atoms with Gasteiger partial charge in [0.25, 0.3) is 5.91 Å². The second-order valence-corrected chi connectivity index (χ2v) is 6.97. The smallest absolute Gasteiger partial charge is 0.345 e. The number of amides is 1. The first-order valence-electron chi connectivity index (χ1n) is 9.20. The van der Waals surface area contributed by atoms with Crippen LogP contribution >= 0.6 is 0 Å². The van der Waals surface area contributed by atoms with E-state index in [-0.39, 0.29) is 5.91 Å². The first-order valence-corrected chi connectivity index (χ1v) is 9.20. The van der Waals surface area contributed by atoms with Crippen molar-refractivity contribution in [3.05, 3.63) is 77.4 Å². The Morgan fingerprint density at radius 3 is 2.77 bits per heavy atom. The number of rotatable bonds is 4. The maximum atomic E-state index is 13.0. The third-order valence-electron chi connectivity index (χ3n) is 4.96. The highest BCUT2D eigenvalue weighted by atomic mass is 19.4. The van der Waals surface area contributed by atoms with E-state index in [0.29, 0.717) is 22.5 Å². The molecule has 154 valence electrons. The second-order valence-electron chi connectivity index (χ2n) is 6.97. The Morgan fingerprint density at radius 2 is 2.00 bits per heavy atom. The van der Waals surface area contributed by atoms with Crippen LogP contribution in [0.1, 0.15) is 40.1 Å². The SMILES string of the molecule is Cc1c([C@@H](C)NC(=O)c2ccc3nc[nH]c3c2)cnn1-c1cccc(C(F)(F)F)c1. The Bertz CT molecular complexity index is 1220. The third-order valence-corrected chi connectivity index (χ3v) is 4.96. The molecule has 4 rings (SSSR count). The summed E-state index contributed by atoms with van der Waals surface area (Å²) in [5.74, 6) is -0.273. The number of alkyl halides is 3. The number of H-pyrrole nitrogens is 1. The van der Waals surface area contributed by atoms with Crippen LogP contribution < -0.4 is 5.32 Å². The van der Waals surface area contributed by atoms with Crippen LogP contribution in [0, 0.1) is 6.92 Å². The summed E-state index contributed by atoms with van der Waals surface area (Å²) in [7, 11) is 0. The minimum Gasteiger partial charge on any atom is -0.345 e. The second kappa shape index (κ2) is 7.33. The summed E-state index contributed by atoms with van der Waals surface area (Å²) < 4.78 is 40.5. The number of nitrogens with zero attached hydrogens (tertiary/aromatic N) is 3. The molecule has 6 nitrogen and oxygen atoms in total. The molecule has 0 saturated carbocycles. The van der Waals surface area contributed by atoms with E-state index < -0.39 is 17.8 Å². The van der Waals surface area contributed by atoms with Gasteiger partial charge in [0.15, 0.2) is 0 Å². The standard InChI is InChI=1S/C21H18F3N5O/c1-12(28-20(30)14-6-7-18-19(8-14)26-11-25-18)17-10-27-29(13(17)2)16-5-3-4-15(9-16)21(22,23)24/h3-12H,1-2H3,(H,25,26)(H,28,30)/t12-/m1/s1. The molecule has 30 heavy (non-hydrogen) atoms. The molecular weight excluding hydrogens is 395 g/mol. The van der Waals surface area contributed by atoms with Crippen molar-refractivity contribution in [2.45, 2.75) is 26.1 Å². The van der Waals surface area contributed by atoms with Crippen LogP contribution in [0.4, 0.5) is 13.2 Å². The number of halogens is 3. The van der Waals surface area contributed by atoms with Crippen LogP contribution in [-0.2, 0) is 6.18 Å². The Morgan fingerprint density at radius 1 is 1.20 bits per heavy atom. The van der Waals surface area contributed by atoms with E-state index in [1.165, 1.54) is 10.7 Å². The van der Waals surface area contributed by atoms with Crippen molar-refractivity contribution in [3.8, 4) is 5.69 Å². The summed E-state index contributed by atoms with van der Waals surface area (Å²) in [5.41, 5.74) is 2.90. The lowest BCUT2D eigenvalue weighted by atomic mass is 10.1. The molecule has 4 aromatic rings. The summed E-state index contributed by atoms with van der Waals surface area (Å²) >= 11 is 0. The van der Waals surface area contributed by atoms with Crippen molar-refractivity contribution >= 4 is 16.9 Å². The van der Waals surface area contributed by atoms with E-state index in [4.69, 9.17) is 0 Å². The number of benzene rings is 2. The van der Waals surface area contributed by atoms with Gasteiger partial charge in [-0.1, -0.05) is 6.07 Å². The fourth-order valence-corrected chi connectivity index (χ4v) is 3.36. The van der Waals surface area contributed by atoms with Gasteiger partial charge < -0.3 is 10.3 Å². The number of aromatic amines is 1. The van der Waals surface area contributed by atoms with E-state index in [2.05, 4.69) is 20.4 Å². The molecule has 0 bridgehead atoms. The van der Waals surface area contributed by atoms with Gasteiger partial charge in [-0.25, -0.2) is 9.67 Å². The minimum absolute atomic E-state index is 0.273. The van der Waals surface area contributed by atoms with Gasteiger partial charge in [0.05, 0.1) is 40.9 Å². The molecule has 1 atom stereocenters. The zero-order valence-electron chi connectivity index (χ0n) is 16.2. The first-order chi connectivity index (χ1) is 14.2. The van der Waals surface area contributed by atoms with Gasteiger partial charge in [0.2, 0.25) is 0 Å². The van der Waals surface area contributed by atoms with Crippen LogP contribution in [-0.4, -0.2) is 25.7 Å². The van der Waals surface area contributed by atoms with Crippen LogP contribution in [0.2, 0.25) is 0 Å². The molecule has 2 heterocycles. The van der Waals surface area contributed by atoms with Gasteiger partial charge in [-0.3, -0.25) is 4.79 Å². The number of hydrogen-bond donors (Lipinski definition) is 2. The summed E-state index contributed by atoms with van der Waals surface area (Å²) in [6.45, 7) is 3.55. The van der Waals surface area contributed by atoms with Crippen molar-refractivity contribution in [2.24, 2.45) is 0 Å². The Balaban J connectivity index is 1.56. The normalized spacial score (nSPS) is 12.8. The molecular formula is C21H18F3N5O. The summed E-state index contributed by atoms with van der Waals surface area (Å²) in [6, 6.07) is 9.72. The van der Waals surface area contributed by atoms with Gasteiger partial charge in [-0.15, -0.1) is 0 Å². The molecule has 0 spiro atoms. The fraction of sp³-hybridized carbons (Fsp3) is 0.190. The zero-order chi connectivity index (χ0) is 21.5. The average molecular weight is 413 g/mol. The zero-order valence-corrected chi connectivity index (χ0v) is 16.2. The highest BCUT2D eigenvalue weighted by Crippen LogP contribution is 2.31. The first kappa shape index (κ1) is 19.7. The monoisotopic (exact) mass is 413 g/mol. The number of fused-ring (bicyclic) bond motifs is 1. The van der Waals surface area contributed by atoms with Crippen LogP contribution in [0.5, 0.6) is 0 Å². The highest BCUT2D eigenvalue weighted by molar-refractivity contribution is 5.97. The van der Waals surface area contributed by atoms with E-state index in [9.17, 15) is 18.0 Å². The molecule has 9 heteroatoms. The molecule has 0 aliphatic heterocycles. The number of hydrogen-bond acceptors (Lipinski definition) is 3. The maximum absolute atomic E-state index is 13.0. The van der Waals surface area contributed by atoms with Crippen LogP contribution in [0.15, 0.2) is 55.0 Å². The van der Waals surface area contributed by atoms with Crippen molar-refractivity contribution in [3.63, 3.8) is 0 Å². The largest absolute Gasteiger partial charge is 0.416 e. The number of imidazole rings is 1. The molecule has 2 aromatic carbocycles. The molecule has 1 amide bonds. The Labute approximate surface area is 169 Å². The van der Waals surface area contributed by atoms with E-state index >= 15 is 0 Å². The average Bonchev–Trinajstić information content (AvgIpc) is 3.33. The van der Waals surface area contributed by atoms with E-state index in [0.717, 1.165) is 23.2 Å². The van der Waals surface area contributed by atoms with Crippen molar-refractivity contribution < 1.29 is 18.0 Å². The number of carbonyl (C=O) groups excluding carboxylic acids is 1. The Kier molecular flexibility index (Phi) is 4.81.